The molecule has 1 aromatic carbocycles. The maximum absolute atomic E-state index is 14.4. The van der Waals surface area contributed by atoms with Crippen LogP contribution in [0.3, 0.4) is 0 Å². The Balaban J connectivity index is 1.72. The lowest BCUT2D eigenvalue weighted by molar-refractivity contribution is -0.167. The van der Waals surface area contributed by atoms with Gasteiger partial charge in [-0.3, -0.25) is 14.4 Å². The van der Waals surface area contributed by atoms with Gasteiger partial charge >= 0.3 is 5.97 Å². The summed E-state index contributed by atoms with van der Waals surface area (Å²) >= 11 is 0. The summed E-state index contributed by atoms with van der Waals surface area (Å²) in [6, 6.07) is 9.83. The molecule has 4 aliphatic rings. The topological polar surface area (TPSA) is 105 Å². The van der Waals surface area contributed by atoms with Crippen LogP contribution in [0.2, 0.25) is 0 Å². The van der Waals surface area contributed by atoms with E-state index in [1.54, 1.807) is 6.92 Å². The van der Waals surface area contributed by atoms with E-state index in [9.17, 15) is 19.5 Å². The van der Waals surface area contributed by atoms with Crippen molar-refractivity contribution in [1.82, 2.24) is 5.32 Å². The van der Waals surface area contributed by atoms with Gasteiger partial charge in [0, 0.05) is 30.7 Å². The number of rotatable bonds is 3. The van der Waals surface area contributed by atoms with E-state index in [1.165, 1.54) is 19.4 Å². The molecule has 1 spiro atoms. The number of epoxide rings is 1. The first-order valence-corrected chi connectivity index (χ1v) is 13.7. The van der Waals surface area contributed by atoms with E-state index in [0.717, 1.165) is 11.1 Å². The number of ketones is 1. The fraction of sp³-hybridized carbons (Fsp3) is 0.581. The van der Waals surface area contributed by atoms with E-state index in [-0.39, 0.29) is 35.5 Å². The van der Waals surface area contributed by atoms with E-state index in [2.05, 4.69) is 44.3 Å². The maximum Gasteiger partial charge on any atom is 0.303 e. The molecule has 0 saturated carbocycles. The minimum Gasteiger partial charge on any atom is -0.458 e. The molecule has 0 radical (unpaired) electrons. The number of fused-ring (bicyclic) bond motifs is 1. The summed E-state index contributed by atoms with van der Waals surface area (Å²) in [5.74, 6) is -2.01. The van der Waals surface area contributed by atoms with Crippen LogP contribution in [0.4, 0.5) is 0 Å². The van der Waals surface area contributed by atoms with Crippen molar-refractivity contribution in [3.8, 4) is 0 Å². The van der Waals surface area contributed by atoms with Gasteiger partial charge in [0.1, 0.15) is 29.3 Å². The average molecular weight is 522 g/mol. The normalized spacial score (nSPS) is 42.4. The van der Waals surface area contributed by atoms with Gasteiger partial charge in [0.25, 0.3) is 0 Å². The predicted octanol–water partition coefficient (Wildman–Crippen LogP) is 3.55. The number of Topliss-reactive ketones (excluding diaryl/α,β-unsaturated/α-hetero) is 1. The molecule has 0 aromatic heterocycles. The van der Waals surface area contributed by atoms with Crippen LogP contribution in [0.1, 0.15) is 53.5 Å². The van der Waals surface area contributed by atoms with Crippen molar-refractivity contribution in [3.63, 3.8) is 0 Å². The van der Waals surface area contributed by atoms with E-state index >= 15 is 0 Å². The fourth-order valence-electron chi connectivity index (χ4n) is 7.61. The second-order valence-electron chi connectivity index (χ2n) is 12.0. The van der Waals surface area contributed by atoms with Crippen molar-refractivity contribution < 1.29 is 29.0 Å². The number of benzene rings is 1. The molecular weight excluding hydrogens is 482 g/mol. The number of allylic oxidation sites excluding steroid dienone is 3. The van der Waals surface area contributed by atoms with E-state index in [1.807, 2.05) is 24.3 Å². The first-order chi connectivity index (χ1) is 17.9. The standard InChI is InChI=1S/C31H39NO6/c1-16-11-10-14-22-18(3)17(2)19(4)24-23(15-21-12-8-7-9-13-21)32-29(35)31(22,24)28(37-20(5)33)25-27(38-25)30(6,36)26(16)34/h7-10,12-14,16,18,22-25,27-28,36H,11,15H2,1-6H3,(H,32,35). The van der Waals surface area contributed by atoms with Gasteiger partial charge in [-0.1, -0.05) is 67.5 Å². The summed E-state index contributed by atoms with van der Waals surface area (Å²) in [5.41, 5.74) is 0.519. The molecule has 38 heavy (non-hydrogen) atoms. The minimum absolute atomic E-state index is 0.00810. The van der Waals surface area contributed by atoms with Crippen LogP contribution in [-0.2, 0) is 30.3 Å². The average Bonchev–Trinajstić information content (AvgIpc) is 3.62. The van der Waals surface area contributed by atoms with Crippen LogP contribution >= 0.6 is 0 Å². The van der Waals surface area contributed by atoms with Crippen molar-refractivity contribution in [3.05, 3.63) is 59.2 Å². The van der Waals surface area contributed by atoms with Gasteiger partial charge in [-0.2, -0.15) is 0 Å². The molecule has 2 aliphatic heterocycles. The van der Waals surface area contributed by atoms with Gasteiger partial charge in [-0.15, -0.1) is 0 Å². The van der Waals surface area contributed by atoms with Crippen LogP contribution in [0.25, 0.3) is 0 Å². The second kappa shape index (κ2) is 9.45. The molecule has 2 aliphatic carbocycles. The van der Waals surface area contributed by atoms with E-state index < -0.39 is 41.2 Å². The molecule has 1 aromatic rings. The molecule has 7 heteroatoms. The Kier molecular flexibility index (Phi) is 6.67. The van der Waals surface area contributed by atoms with Gasteiger partial charge in [0.2, 0.25) is 5.91 Å². The van der Waals surface area contributed by atoms with Gasteiger partial charge in [-0.05, 0) is 45.1 Å². The van der Waals surface area contributed by atoms with Gasteiger partial charge in [0.05, 0.1) is 0 Å². The molecule has 2 heterocycles. The van der Waals surface area contributed by atoms with Crippen molar-refractivity contribution in [1.29, 1.82) is 0 Å². The zero-order chi connectivity index (χ0) is 27.6. The Morgan fingerprint density at radius 1 is 1.16 bits per heavy atom. The minimum atomic E-state index is -1.76. The molecule has 0 bridgehead atoms. The third kappa shape index (κ3) is 3.97. The van der Waals surface area contributed by atoms with Crippen molar-refractivity contribution in [2.45, 2.75) is 84.3 Å². The Bertz CT molecular complexity index is 1200. The Morgan fingerprint density at radius 2 is 1.84 bits per heavy atom. The van der Waals surface area contributed by atoms with E-state index in [4.69, 9.17) is 9.47 Å². The number of carbonyl (C=O) groups is 3. The lowest BCUT2D eigenvalue weighted by Crippen LogP contribution is -2.59. The van der Waals surface area contributed by atoms with Gasteiger partial charge in [-0.25, -0.2) is 0 Å². The smallest absolute Gasteiger partial charge is 0.303 e. The van der Waals surface area contributed by atoms with Crippen LogP contribution < -0.4 is 5.32 Å². The molecule has 1 amide bonds. The summed E-state index contributed by atoms with van der Waals surface area (Å²) in [4.78, 5) is 40.2. The Morgan fingerprint density at radius 3 is 2.50 bits per heavy atom. The Hall–Kier alpha value is -2.77. The van der Waals surface area contributed by atoms with Gasteiger partial charge in [0.15, 0.2) is 5.78 Å². The lowest BCUT2D eigenvalue weighted by atomic mass is 9.52. The number of aliphatic hydroxyl groups is 1. The summed E-state index contributed by atoms with van der Waals surface area (Å²) < 4.78 is 12.1. The molecule has 10 unspecified atom stereocenters. The molecule has 2 fully saturated rings. The lowest BCUT2D eigenvalue weighted by Gasteiger charge is -2.50. The highest BCUT2D eigenvalue weighted by Crippen LogP contribution is 2.61. The first-order valence-electron chi connectivity index (χ1n) is 13.7. The molecule has 7 nitrogen and oxygen atoms in total. The quantitative estimate of drug-likeness (QED) is 0.358. The van der Waals surface area contributed by atoms with E-state index in [0.29, 0.717) is 12.8 Å². The first kappa shape index (κ1) is 26.8. The third-order valence-corrected chi connectivity index (χ3v) is 9.71. The monoisotopic (exact) mass is 521 g/mol. The summed E-state index contributed by atoms with van der Waals surface area (Å²) in [6.45, 7) is 10.9. The fourth-order valence-corrected chi connectivity index (χ4v) is 7.61. The zero-order valence-corrected chi connectivity index (χ0v) is 23.1. The number of esters is 1. The highest BCUT2D eigenvalue weighted by atomic mass is 16.6. The molecule has 204 valence electrons. The molecule has 5 rings (SSSR count). The van der Waals surface area contributed by atoms with Crippen molar-refractivity contribution in [2.24, 2.45) is 29.1 Å². The second-order valence-corrected chi connectivity index (χ2v) is 12.0. The molecule has 10 atom stereocenters. The highest BCUT2D eigenvalue weighted by Gasteiger charge is 2.73. The summed E-state index contributed by atoms with van der Waals surface area (Å²) in [5, 5.41) is 14.6. The van der Waals surface area contributed by atoms with Gasteiger partial charge < -0.3 is 19.9 Å². The number of nitrogens with one attached hydrogen (secondary N) is 1. The number of amides is 1. The number of carbonyl (C=O) groups excluding carboxylic acids is 3. The highest BCUT2D eigenvalue weighted by molar-refractivity contribution is 5.91. The number of ether oxygens (including phenoxy) is 2. The Labute approximate surface area is 224 Å². The summed E-state index contributed by atoms with van der Waals surface area (Å²) in [7, 11) is 0. The van der Waals surface area contributed by atoms with Crippen molar-refractivity contribution >= 4 is 17.7 Å². The molecule has 2 N–H and O–H groups in total. The van der Waals surface area contributed by atoms with Crippen LogP contribution in [-0.4, -0.2) is 52.7 Å². The molecule has 2 saturated heterocycles. The number of hydrogen-bond acceptors (Lipinski definition) is 6. The van der Waals surface area contributed by atoms with Crippen LogP contribution in [0, 0.1) is 29.1 Å². The third-order valence-electron chi connectivity index (χ3n) is 9.71. The maximum atomic E-state index is 14.4. The largest absolute Gasteiger partial charge is 0.458 e. The van der Waals surface area contributed by atoms with Crippen molar-refractivity contribution in [2.75, 3.05) is 0 Å². The number of hydrogen-bond donors (Lipinski definition) is 2. The zero-order valence-electron chi connectivity index (χ0n) is 23.1. The SMILES string of the molecule is CC(=O)OC1C2OC2C(C)(O)C(=O)C(C)CC=CC2C(C)C(C)=C(C)C3C(Cc4ccccc4)NC(=O)C213. The summed E-state index contributed by atoms with van der Waals surface area (Å²) in [6.07, 6.45) is 2.47. The van der Waals surface area contributed by atoms with Crippen LogP contribution in [0.5, 0.6) is 0 Å². The predicted molar refractivity (Wildman–Crippen MR) is 142 cm³/mol. The molecular formula is C31H39NO6. The van der Waals surface area contributed by atoms with Crippen LogP contribution in [0.15, 0.2) is 53.6 Å².